The molecule has 0 fully saturated rings. The molecule has 0 saturated carbocycles. The van der Waals surface area contributed by atoms with Gasteiger partial charge in [0.2, 0.25) is 10.0 Å². The fourth-order valence-electron chi connectivity index (χ4n) is 1.54. The van der Waals surface area contributed by atoms with E-state index in [-0.39, 0.29) is 10.8 Å². The van der Waals surface area contributed by atoms with Crippen LogP contribution >= 0.6 is 11.3 Å². The first-order valence-corrected chi connectivity index (χ1v) is 7.84. The number of sulfonamides is 1. The number of aryl methyl sites for hydroxylation is 1. The summed E-state index contributed by atoms with van der Waals surface area (Å²) in [5.41, 5.74) is 1.76. The van der Waals surface area contributed by atoms with Gasteiger partial charge in [-0.3, -0.25) is 4.79 Å². The van der Waals surface area contributed by atoms with Crippen LogP contribution < -0.4 is 10.5 Å². The van der Waals surface area contributed by atoms with Crippen molar-refractivity contribution in [2.75, 3.05) is 5.32 Å². The van der Waals surface area contributed by atoms with E-state index in [1.807, 2.05) is 5.38 Å². The van der Waals surface area contributed by atoms with Crippen molar-refractivity contribution in [2.45, 2.75) is 11.8 Å². The van der Waals surface area contributed by atoms with Gasteiger partial charge in [0.15, 0.2) is 0 Å². The van der Waals surface area contributed by atoms with E-state index in [1.54, 1.807) is 18.4 Å². The number of hydrogen-bond donors (Lipinski definition) is 2. The molecule has 19 heavy (non-hydrogen) atoms. The predicted molar refractivity (Wildman–Crippen MR) is 74.8 cm³/mol. The molecule has 1 heterocycles. The van der Waals surface area contributed by atoms with Crippen molar-refractivity contribution in [1.29, 1.82) is 0 Å². The van der Waals surface area contributed by atoms with Gasteiger partial charge >= 0.3 is 0 Å². The lowest BCUT2D eigenvalue weighted by molar-refractivity contribution is 0.102. The summed E-state index contributed by atoms with van der Waals surface area (Å²) in [5.74, 6) is -0.229. The Bertz CT molecular complexity index is 707. The van der Waals surface area contributed by atoms with E-state index in [0.29, 0.717) is 16.8 Å². The van der Waals surface area contributed by atoms with Crippen LogP contribution in [-0.4, -0.2) is 14.3 Å². The van der Waals surface area contributed by atoms with Crippen molar-refractivity contribution in [2.24, 2.45) is 5.14 Å². The van der Waals surface area contributed by atoms with Gasteiger partial charge in [0.1, 0.15) is 0 Å². The average molecular weight is 296 g/mol. The van der Waals surface area contributed by atoms with Crippen molar-refractivity contribution in [3.05, 3.63) is 46.2 Å². The fraction of sp³-hybridized carbons (Fsp3) is 0.0833. The minimum atomic E-state index is -3.72. The van der Waals surface area contributed by atoms with Gasteiger partial charge in [0.25, 0.3) is 5.91 Å². The van der Waals surface area contributed by atoms with Crippen LogP contribution in [0, 0.1) is 6.92 Å². The summed E-state index contributed by atoms with van der Waals surface area (Å²) in [5, 5.41) is 11.3. The zero-order chi connectivity index (χ0) is 14.0. The Labute approximate surface area is 115 Å². The molecule has 0 aliphatic rings. The van der Waals surface area contributed by atoms with Gasteiger partial charge in [-0.25, -0.2) is 13.6 Å². The first-order valence-electron chi connectivity index (χ1n) is 5.35. The highest BCUT2D eigenvalue weighted by molar-refractivity contribution is 7.89. The van der Waals surface area contributed by atoms with Crippen molar-refractivity contribution >= 4 is 33.0 Å². The number of amides is 1. The lowest BCUT2D eigenvalue weighted by Crippen LogP contribution is -2.14. The minimum absolute atomic E-state index is 0.0264. The first-order chi connectivity index (χ1) is 8.88. The second-order valence-electron chi connectivity index (χ2n) is 3.99. The molecule has 0 aliphatic heterocycles. The van der Waals surface area contributed by atoms with Gasteiger partial charge in [-0.2, -0.15) is 11.3 Å². The van der Waals surface area contributed by atoms with Gasteiger partial charge in [-0.1, -0.05) is 0 Å². The molecule has 1 aromatic heterocycles. The summed E-state index contributed by atoms with van der Waals surface area (Å²) in [6.45, 7) is 1.71. The summed E-state index contributed by atoms with van der Waals surface area (Å²) in [7, 11) is -3.72. The Hall–Kier alpha value is -1.70. The van der Waals surface area contributed by atoms with E-state index in [1.165, 1.54) is 29.5 Å². The SMILES string of the molecule is Cc1cc(S(N)(=O)=O)ccc1NC(=O)c1ccsc1. The Kier molecular flexibility index (Phi) is 3.70. The zero-order valence-electron chi connectivity index (χ0n) is 10.1. The lowest BCUT2D eigenvalue weighted by atomic mass is 10.2. The Morgan fingerprint density at radius 3 is 2.58 bits per heavy atom. The highest BCUT2D eigenvalue weighted by atomic mass is 32.2. The number of carbonyl (C=O) groups excluding carboxylic acids is 1. The molecule has 0 spiro atoms. The molecule has 2 rings (SSSR count). The number of thiophene rings is 1. The third-order valence-electron chi connectivity index (χ3n) is 2.56. The summed E-state index contributed by atoms with van der Waals surface area (Å²) < 4.78 is 22.4. The molecular weight excluding hydrogens is 284 g/mol. The molecule has 0 aliphatic carbocycles. The number of nitrogens with one attached hydrogen (secondary N) is 1. The van der Waals surface area contributed by atoms with E-state index in [2.05, 4.69) is 5.32 Å². The van der Waals surface area contributed by atoms with Gasteiger partial charge < -0.3 is 5.32 Å². The molecular formula is C12H12N2O3S2. The maximum Gasteiger partial charge on any atom is 0.256 e. The summed E-state index contributed by atoms with van der Waals surface area (Å²) in [6.07, 6.45) is 0. The highest BCUT2D eigenvalue weighted by Crippen LogP contribution is 2.20. The number of hydrogen-bond acceptors (Lipinski definition) is 4. The fourth-order valence-corrected chi connectivity index (χ4v) is 2.78. The van der Waals surface area contributed by atoms with Gasteiger partial charge in [0, 0.05) is 11.1 Å². The Balaban J connectivity index is 2.25. The van der Waals surface area contributed by atoms with Crippen molar-refractivity contribution in [3.63, 3.8) is 0 Å². The molecule has 7 heteroatoms. The van der Waals surface area contributed by atoms with Crippen LogP contribution in [0.25, 0.3) is 0 Å². The van der Waals surface area contributed by atoms with E-state index in [9.17, 15) is 13.2 Å². The van der Waals surface area contributed by atoms with Gasteiger partial charge in [-0.15, -0.1) is 0 Å². The van der Waals surface area contributed by atoms with E-state index < -0.39 is 10.0 Å². The van der Waals surface area contributed by atoms with E-state index in [0.717, 1.165) is 0 Å². The van der Waals surface area contributed by atoms with Crippen LogP contribution in [0.5, 0.6) is 0 Å². The Morgan fingerprint density at radius 2 is 2.05 bits per heavy atom. The zero-order valence-corrected chi connectivity index (χ0v) is 11.7. The van der Waals surface area contributed by atoms with E-state index in [4.69, 9.17) is 5.14 Å². The van der Waals surface area contributed by atoms with Crippen molar-refractivity contribution in [3.8, 4) is 0 Å². The molecule has 100 valence electrons. The van der Waals surface area contributed by atoms with Crippen LogP contribution in [0.4, 0.5) is 5.69 Å². The molecule has 0 atom stereocenters. The number of nitrogens with two attached hydrogens (primary N) is 1. The molecule has 0 saturated heterocycles. The second-order valence-corrected chi connectivity index (χ2v) is 6.33. The summed E-state index contributed by atoms with van der Waals surface area (Å²) in [4.78, 5) is 11.9. The van der Waals surface area contributed by atoms with Gasteiger partial charge in [0.05, 0.1) is 10.5 Å². The van der Waals surface area contributed by atoms with Crippen LogP contribution in [0.3, 0.4) is 0 Å². The maximum atomic E-state index is 11.9. The number of benzene rings is 1. The molecule has 3 N–H and O–H groups in total. The normalized spacial score (nSPS) is 11.3. The molecule has 0 bridgehead atoms. The third-order valence-corrected chi connectivity index (χ3v) is 4.15. The summed E-state index contributed by atoms with van der Waals surface area (Å²) in [6, 6.07) is 6.04. The quantitative estimate of drug-likeness (QED) is 0.907. The van der Waals surface area contributed by atoms with Crippen LogP contribution in [0.15, 0.2) is 39.9 Å². The van der Waals surface area contributed by atoms with Crippen LogP contribution in [0.2, 0.25) is 0 Å². The number of anilines is 1. The molecule has 1 amide bonds. The predicted octanol–water partition coefficient (Wildman–Crippen LogP) is 1.96. The largest absolute Gasteiger partial charge is 0.322 e. The average Bonchev–Trinajstić information content (AvgIpc) is 2.84. The second kappa shape index (κ2) is 5.12. The number of primary sulfonamides is 1. The van der Waals surface area contributed by atoms with Crippen LogP contribution in [-0.2, 0) is 10.0 Å². The first kappa shape index (κ1) is 13.7. The topological polar surface area (TPSA) is 89.3 Å². The third kappa shape index (κ3) is 3.19. The minimum Gasteiger partial charge on any atom is -0.322 e. The molecule has 2 aromatic rings. The Morgan fingerprint density at radius 1 is 1.32 bits per heavy atom. The molecule has 1 aromatic carbocycles. The molecule has 0 radical (unpaired) electrons. The molecule has 5 nitrogen and oxygen atoms in total. The van der Waals surface area contributed by atoms with Crippen molar-refractivity contribution < 1.29 is 13.2 Å². The number of rotatable bonds is 3. The molecule has 0 unspecified atom stereocenters. The van der Waals surface area contributed by atoms with Crippen LogP contribution in [0.1, 0.15) is 15.9 Å². The smallest absolute Gasteiger partial charge is 0.256 e. The van der Waals surface area contributed by atoms with E-state index >= 15 is 0 Å². The monoisotopic (exact) mass is 296 g/mol. The highest BCUT2D eigenvalue weighted by Gasteiger charge is 2.12. The maximum absolute atomic E-state index is 11.9. The standard InChI is InChI=1S/C12H12N2O3S2/c1-8-6-10(19(13,16)17)2-3-11(8)14-12(15)9-4-5-18-7-9/h2-7H,1H3,(H,14,15)(H2,13,16,17). The summed E-state index contributed by atoms with van der Waals surface area (Å²) >= 11 is 1.43. The lowest BCUT2D eigenvalue weighted by Gasteiger charge is -2.08. The number of carbonyl (C=O) groups is 1. The van der Waals surface area contributed by atoms with Crippen molar-refractivity contribution in [1.82, 2.24) is 0 Å². The van der Waals surface area contributed by atoms with Gasteiger partial charge in [-0.05, 0) is 42.1 Å².